The van der Waals surface area contributed by atoms with Crippen molar-refractivity contribution in [1.29, 1.82) is 0 Å². The number of rotatable bonds is 4. The number of amides is 1. The summed E-state index contributed by atoms with van der Waals surface area (Å²) in [5.74, 6) is 0.453. The molecule has 2 unspecified atom stereocenters. The maximum Gasteiger partial charge on any atom is 0.226 e. The van der Waals surface area contributed by atoms with Crippen molar-refractivity contribution in [3.8, 4) is 0 Å². The van der Waals surface area contributed by atoms with Crippen molar-refractivity contribution in [1.82, 2.24) is 4.90 Å². The summed E-state index contributed by atoms with van der Waals surface area (Å²) in [7, 11) is 0. The van der Waals surface area contributed by atoms with Crippen LogP contribution in [0.5, 0.6) is 0 Å². The highest BCUT2D eigenvalue weighted by Crippen LogP contribution is 2.61. The van der Waals surface area contributed by atoms with Gasteiger partial charge in [0.15, 0.2) is 0 Å². The van der Waals surface area contributed by atoms with E-state index in [-0.39, 0.29) is 17.9 Å². The standard InChI is InChI=1S/C18H23NO2/c20-11-10-19(14-7-8-14)17(21)16-12-18(16)9-3-5-13-4-1-2-6-15(13)18/h1-2,4,6,14,16,20H,3,5,7-12H2. The average Bonchev–Trinajstić information content (AvgIpc) is 3.40. The van der Waals surface area contributed by atoms with Gasteiger partial charge in [0.05, 0.1) is 6.61 Å². The van der Waals surface area contributed by atoms with E-state index < -0.39 is 0 Å². The second-order valence-corrected chi connectivity index (χ2v) is 6.91. The second-order valence-electron chi connectivity index (χ2n) is 6.91. The van der Waals surface area contributed by atoms with Crippen LogP contribution in [0.15, 0.2) is 24.3 Å². The molecule has 0 aliphatic heterocycles. The molecule has 0 saturated heterocycles. The summed E-state index contributed by atoms with van der Waals surface area (Å²) in [5.41, 5.74) is 2.99. The molecule has 1 aromatic rings. The van der Waals surface area contributed by atoms with E-state index in [1.807, 2.05) is 4.90 Å². The third kappa shape index (κ3) is 2.10. The molecule has 1 N–H and O–H groups in total. The number of fused-ring (bicyclic) bond motifs is 2. The van der Waals surface area contributed by atoms with Crippen LogP contribution in [0.2, 0.25) is 0 Å². The fourth-order valence-electron chi connectivity index (χ4n) is 4.32. The molecule has 2 atom stereocenters. The van der Waals surface area contributed by atoms with Gasteiger partial charge in [0.25, 0.3) is 0 Å². The van der Waals surface area contributed by atoms with E-state index in [1.54, 1.807) is 0 Å². The number of benzene rings is 1. The lowest BCUT2D eigenvalue weighted by atomic mass is 9.78. The predicted molar refractivity (Wildman–Crippen MR) is 81.0 cm³/mol. The molecule has 3 heteroatoms. The zero-order valence-electron chi connectivity index (χ0n) is 12.4. The van der Waals surface area contributed by atoms with Gasteiger partial charge in [-0.15, -0.1) is 0 Å². The van der Waals surface area contributed by atoms with Crippen molar-refractivity contribution < 1.29 is 9.90 Å². The van der Waals surface area contributed by atoms with E-state index in [2.05, 4.69) is 24.3 Å². The Labute approximate surface area is 126 Å². The lowest BCUT2D eigenvalue weighted by molar-refractivity contribution is -0.134. The van der Waals surface area contributed by atoms with E-state index in [0.29, 0.717) is 18.5 Å². The van der Waals surface area contributed by atoms with Gasteiger partial charge in [0.2, 0.25) is 5.91 Å². The summed E-state index contributed by atoms with van der Waals surface area (Å²) < 4.78 is 0. The minimum atomic E-state index is 0.0819. The molecular formula is C18H23NO2. The van der Waals surface area contributed by atoms with Crippen LogP contribution in [0.25, 0.3) is 0 Å². The molecule has 112 valence electrons. The first kappa shape index (κ1) is 13.3. The number of aliphatic hydroxyl groups is 1. The Hall–Kier alpha value is -1.35. The summed E-state index contributed by atoms with van der Waals surface area (Å²) in [6, 6.07) is 9.08. The molecule has 0 aromatic heterocycles. The van der Waals surface area contributed by atoms with Crippen LogP contribution < -0.4 is 0 Å². The van der Waals surface area contributed by atoms with Gasteiger partial charge < -0.3 is 10.0 Å². The number of aryl methyl sites for hydroxylation is 1. The Kier molecular flexibility index (Phi) is 3.07. The summed E-state index contributed by atoms with van der Waals surface area (Å²) in [6.07, 6.45) is 6.74. The van der Waals surface area contributed by atoms with Gasteiger partial charge in [-0.25, -0.2) is 0 Å². The molecule has 0 bridgehead atoms. The zero-order chi connectivity index (χ0) is 14.4. The average molecular weight is 285 g/mol. The van der Waals surface area contributed by atoms with Crippen molar-refractivity contribution in [3.63, 3.8) is 0 Å². The van der Waals surface area contributed by atoms with Crippen molar-refractivity contribution in [2.45, 2.75) is 50.0 Å². The quantitative estimate of drug-likeness (QED) is 0.922. The number of aliphatic hydroxyl groups excluding tert-OH is 1. The van der Waals surface area contributed by atoms with Gasteiger partial charge in [0, 0.05) is 23.9 Å². The summed E-state index contributed by atoms with van der Waals surface area (Å²) in [5, 5.41) is 9.23. The lowest BCUT2D eigenvalue weighted by Gasteiger charge is -2.28. The van der Waals surface area contributed by atoms with Crippen molar-refractivity contribution in [2.75, 3.05) is 13.2 Å². The smallest absolute Gasteiger partial charge is 0.226 e. The van der Waals surface area contributed by atoms with E-state index in [9.17, 15) is 9.90 Å². The van der Waals surface area contributed by atoms with Gasteiger partial charge in [-0.3, -0.25) is 4.79 Å². The minimum absolute atomic E-state index is 0.0819. The van der Waals surface area contributed by atoms with Crippen LogP contribution in [-0.4, -0.2) is 35.1 Å². The fourth-order valence-corrected chi connectivity index (χ4v) is 4.32. The molecule has 3 nitrogen and oxygen atoms in total. The van der Waals surface area contributed by atoms with Crippen LogP contribution >= 0.6 is 0 Å². The Bertz CT molecular complexity index is 566. The largest absolute Gasteiger partial charge is 0.395 e. The van der Waals surface area contributed by atoms with Crippen molar-refractivity contribution >= 4 is 5.91 Å². The summed E-state index contributed by atoms with van der Waals surface area (Å²) in [6.45, 7) is 0.594. The number of carbonyl (C=O) groups is 1. The van der Waals surface area contributed by atoms with Gasteiger partial charge in [-0.1, -0.05) is 24.3 Å². The Balaban J connectivity index is 1.58. The second kappa shape index (κ2) is 4.84. The molecule has 0 heterocycles. The van der Waals surface area contributed by atoms with Crippen LogP contribution in [-0.2, 0) is 16.6 Å². The molecule has 21 heavy (non-hydrogen) atoms. The molecule has 1 amide bonds. The number of hydrogen-bond donors (Lipinski definition) is 1. The highest BCUT2D eigenvalue weighted by Gasteiger charge is 2.61. The van der Waals surface area contributed by atoms with E-state index in [1.165, 1.54) is 17.5 Å². The molecule has 1 aromatic carbocycles. The van der Waals surface area contributed by atoms with E-state index >= 15 is 0 Å². The molecule has 3 aliphatic carbocycles. The molecule has 2 fully saturated rings. The molecule has 1 spiro atoms. The minimum Gasteiger partial charge on any atom is -0.395 e. The SMILES string of the molecule is O=C(C1CC12CCCc1ccccc12)N(CCO)C1CC1. The Morgan fingerprint density at radius 2 is 2.14 bits per heavy atom. The van der Waals surface area contributed by atoms with Crippen LogP contribution in [0.3, 0.4) is 0 Å². The number of hydrogen-bond acceptors (Lipinski definition) is 2. The zero-order valence-corrected chi connectivity index (χ0v) is 12.4. The van der Waals surface area contributed by atoms with Crippen molar-refractivity contribution in [3.05, 3.63) is 35.4 Å². The molecule has 4 rings (SSSR count). The Morgan fingerprint density at radius 3 is 2.90 bits per heavy atom. The van der Waals surface area contributed by atoms with Gasteiger partial charge in [0.1, 0.15) is 0 Å². The fraction of sp³-hybridized carbons (Fsp3) is 0.611. The predicted octanol–water partition coefficient (Wildman–Crippen LogP) is 2.26. The highest BCUT2D eigenvalue weighted by molar-refractivity contribution is 5.85. The molecular weight excluding hydrogens is 262 g/mol. The third-order valence-electron chi connectivity index (χ3n) is 5.61. The van der Waals surface area contributed by atoms with Gasteiger partial charge >= 0.3 is 0 Å². The molecule has 3 aliphatic rings. The van der Waals surface area contributed by atoms with E-state index in [4.69, 9.17) is 0 Å². The summed E-state index contributed by atoms with van der Waals surface area (Å²) in [4.78, 5) is 14.8. The maximum atomic E-state index is 12.9. The van der Waals surface area contributed by atoms with Gasteiger partial charge in [-0.2, -0.15) is 0 Å². The van der Waals surface area contributed by atoms with Crippen LogP contribution in [0.1, 0.15) is 43.2 Å². The van der Waals surface area contributed by atoms with E-state index in [0.717, 1.165) is 32.1 Å². The lowest BCUT2D eigenvalue weighted by Crippen LogP contribution is -2.38. The Morgan fingerprint density at radius 1 is 1.33 bits per heavy atom. The first-order valence-electron chi connectivity index (χ1n) is 8.26. The molecule has 2 saturated carbocycles. The third-order valence-corrected chi connectivity index (χ3v) is 5.61. The monoisotopic (exact) mass is 285 g/mol. The number of carbonyl (C=O) groups excluding carboxylic acids is 1. The highest BCUT2D eigenvalue weighted by atomic mass is 16.3. The first-order valence-corrected chi connectivity index (χ1v) is 8.26. The normalized spacial score (nSPS) is 30.0. The molecule has 0 radical (unpaired) electrons. The van der Waals surface area contributed by atoms with Crippen LogP contribution in [0.4, 0.5) is 0 Å². The topological polar surface area (TPSA) is 40.5 Å². The van der Waals surface area contributed by atoms with Crippen molar-refractivity contribution in [2.24, 2.45) is 5.92 Å². The van der Waals surface area contributed by atoms with Crippen LogP contribution in [0, 0.1) is 5.92 Å². The number of nitrogens with zero attached hydrogens (tertiary/aromatic N) is 1. The summed E-state index contributed by atoms with van der Waals surface area (Å²) >= 11 is 0. The first-order chi connectivity index (χ1) is 10.3. The maximum absolute atomic E-state index is 12.9. The van der Waals surface area contributed by atoms with Gasteiger partial charge in [-0.05, 0) is 49.7 Å².